The molecule has 3 aromatic rings. The van der Waals surface area contributed by atoms with Gasteiger partial charge in [0.2, 0.25) is 0 Å². The van der Waals surface area contributed by atoms with Crippen molar-refractivity contribution in [2.24, 2.45) is 10.2 Å². The van der Waals surface area contributed by atoms with Crippen molar-refractivity contribution in [2.75, 3.05) is 32.1 Å². The number of carbonyl (C=O) groups is 1. The number of carbonyl (C=O) groups excluding carboxylic acids is 1. The molecule has 2 heterocycles. The van der Waals surface area contributed by atoms with Gasteiger partial charge in [-0.2, -0.15) is 18.8 Å². The van der Waals surface area contributed by atoms with Gasteiger partial charge in [0.05, 0.1) is 29.6 Å². The molecule has 1 amide bonds. The van der Waals surface area contributed by atoms with Crippen LogP contribution in [0.25, 0.3) is 6.08 Å². The Morgan fingerprint density at radius 1 is 1.00 bits per heavy atom. The van der Waals surface area contributed by atoms with E-state index < -0.39 is 65.7 Å². The number of phosphoric acid groups is 3. The number of H-pyrrole nitrogens is 1. The van der Waals surface area contributed by atoms with E-state index in [1.165, 1.54) is 12.2 Å². The molecule has 0 bridgehead atoms. The van der Waals surface area contributed by atoms with Gasteiger partial charge in [0.15, 0.2) is 0 Å². The molecule has 24 heteroatoms. The maximum atomic E-state index is 12.6. The van der Waals surface area contributed by atoms with E-state index >= 15 is 0 Å². The summed E-state index contributed by atoms with van der Waals surface area (Å²) in [4.78, 5) is 77.7. The molecule has 0 aliphatic carbocycles. The first-order chi connectivity index (χ1) is 23.8. The van der Waals surface area contributed by atoms with Gasteiger partial charge in [0.1, 0.15) is 12.3 Å². The van der Waals surface area contributed by atoms with Crippen LogP contribution in [0.1, 0.15) is 28.6 Å². The van der Waals surface area contributed by atoms with E-state index in [1.54, 1.807) is 24.3 Å². The highest BCUT2D eigenvalue weighted by atomic mass is 31.3. The number of azo groups is 1. The predicted octanol–water partition coefficient (Wildman–Crippen LogP) is 2.45. The minimum atomic E-state index is -5.76. The number of nitrogens with zero attached hydrogens (tertiary/aromatic N) is 4. The summed E-state index contributed by atoms with van der Waals surface area (Å²) in [5.74, 6) is -0.420. The molecule has 21 nitrogen and oxygen atoms in total. The van der Waals surface area contributed by atoms with Crippen LogP contribution in [0.4, 0.5) is 17.1 Å². The average molecular weight is 775 g/mol. The first-order valence-electron chi connectivity index (χ1n) is 14.5. The Morgan fingerprint density at radius 3 is 2.20 bits per heavy atom. The number of amides is 1. The molecule has 276 valence electrons. The number of aromatic amines is 1. The summed E-state index contributed by atoms with van der Waals surface area (Å²) >= 11 is 0. The van der Waals surface area contributed by atoms with Crippen LogP contribution in [-0.4, -0.2) is 79.6 Å². The third-order valence-corrected chi connectivity index (χ3v) is 10.6. The fourth-order valence-electron chi connectivity index (χ4n) is 4.39. The lowest BCUT2D eigenvalue weighted by Gasteiger charge is -2.19. The molecule has 1 aromatic heterocycles. The molecule has 5 unspecified atom stereocenters. The van der Waals surface area contributed by atoms with Crippen LogP contribution in [0, 0.1) is 0 Å². The first-order valence-corrected chi connectivity index (χ1v) is 19.0. The number of rotatable bonds is 15. The third-order valence-electron chi connectivity index (χ3n) is 6.78. The van der Waals surface area contributed by atoms with Gasteiger partial charge < -0.3 is 39.6 Å². The van der Waals surface area contributed by atoms with Crippen LogP contribution in [0.2, 0.25) is 0 Å². The second kappa shape index (κ2) is 16.6. The molecular weight excluding hydrogens is 741 g/mol. The van der Waals surface area contributed by atoms with Crippen molar-refractivity contribution in [2.45, 2.75) is 24.9 Å². The van der Waals surface area contributed by atoms with Crippen molar-refractivity contribution in [1.29, 1.82) is 0 Å². The van der Waals surface area contributed by atoms with Crippen LogP contribution in [0.5, 0.6) is 0 Å². The number of hydrogen-bond acceptors (Lipinski definition) is 14. The van der Waals surface area contributed by atoms with Crippen LogP contribution in [0.15, 0.2) is 80.6 Å². The second-order valence-electron chi connectivity index (χ2n) is 10.8. The summed E-state index contributed by atoms with van der Waals surface area (Å²) in [7, 11) is -13.0. The second-order valence-corrected chi connectivity index (χ2v) is 15.3. The molecule has 2 aromatic carbocycles. The Balaban J connectivity index is 1.31. The number of benzene rings is 2. The molecule has 7 N–H and O–H groups in total. The van der Waals surface area contributed by atoms with Gasteiger partial charge in [0.25, 0.3) is 11.5 Å². The topological polar surface area (TPSA) is 301 Å². The Bertz CT molecular complexity index is 2030. The van der Waals surface area contributed by atoms with E-state index in [4.69, 9.17) is 14.5 Å². The highest BCUT2D eigenvalue weighted by molar-refractivity contribution is 7.66. The highest BCUT2D eigenvalue weighted by Crippen LogP contribution is 2.66. The largest absolute Gasteiger partial charge is 0.490 e. The van der Waals surface area contributed by atoms with Crippen LogP contribution in [0.3, 0.4) is 0 Å². The van der Waals surface area contributed by atoms with Crippen molar-refractivity contribution in [3.63, 3.8) is 0 Å². The number of phosphoric ester groups is 1. The van der Waals surface area contributed by atoms with Gasteiger partial charge in [-0.1, -0.05) is 12.2 Å². The highest BCUT2D eigenvalue weighted by Gasteiger charge is 2.43. The zero-order valence-electron chi connectivity index (χ0n) is 26.7. The number of ether oxygens (including phenoxy) is 1. The van der Waals surface area contributed by atoms with Gasteiger partial charge >= 0.3 is 29.2 Å². The van der Waals surface area contributed by atoms with Crippen molar-refractivity contribution in [1.82, 2.24) is 14.9 Å². The molecule has 1 saturated heterocycles. The molecule has 0 saturated carbocycles. The Kier molecular flexibility index (Phi) is 13.0. The molecule has 1 aliphatic heterocycles. The number of aliphatic hydroxyl groups is 1. The zero-order chi connectivity index (χ0) is 37.6. The van der Waals surface area contributed by atoms with E-state index in [-0.39, 0.29) is 18.5 Å². The van der Waals surface area contributed by atoms with Gasteiger partial charge in [-0.05, 0) is 48.5 Å². The summed E-state index contributed by atoms with van der Waals surface area (Å²) < 4.78 is 52.4. The van der Waals surface area contributed by atoms with Gasteiger partial charge in [0, 0.05) is 44.5 Å². The first kappa shape index (κ1) is 39.8. The zero-order valence-corrected chi connectivity index (χ0v) is 29.3. The van der Waals surface area contributed by atoms with Crippen LogP contribution >= 0.6 is 23.5 Å². The van der Waals surface area contributed by atoms with Gasteiger partial charge in [-0.25, -0.2) is 18.5 Å². The van der Waals surface area contributed by atoms with E-state index in [0.717, 1.165) is 16.5 Å². The smallest absolute Gasteiger partial charge is 0.390 e. The molecule has 1 aliphatic rings. The van der Waals surface area contributed by atoms with Crippen molar-refractivity contribution < 1.29 is 61.1 Å². The Hall–Kier alpha value is -3.94. The normalized spacial score (nSPS) is 20.3. The van der Waals surface area contributed by atoms with Crippen LogP contribution in [-0.2, 0) is 31.6 Å². The van der Waals surface area contributed by atoms with Gasteiger partial charge in [-0.3, -0.25) is 23.7 Å². The lowest BCUT2D eigenvalue weighted by Crippen LogP contribution is -2.33. The standard InChI is InChI=1S/C27H33N6O15P3/c1-32(2)21-11-9-20(10-12-21)31-30-19-7-5-17(6-8-19)25(35)28-13-3-4-18-15-33(27(37)29-26(18)36)24-14-22(34)23(46-24)16-45-50(41,42)48-51(43,44)47-49(38,39)40/h3-12,15,22-24,34H,13-14,16H2,1-2H3,(H,28,35)(H,41,42)(H,43,44)(H,29,36,37)(H2,38,39,40)/b4-3+,31-30?. The number of hydrogen-bond donors (Lipinski definition) is 7. The maximum Gasteiger partial charge on any atom is 0.490 e. The SMILES string of the molecule is CN(C)c1ccc(N=Nc2ccc(C(=O)NC/C=C/c3cn(C4CC(O)C(COP(=O)(O)OP(=O)(O)OP(=O)(O)O)O4)c(=O)[nH]c3=O)cc2)cc1. The number of aliphatic hydroxyl groups excluding tert-OH is 1. The summed E-state index contributed by atoms with van der Waals surface area (Å²) in [5, 5.41) is 21.4. The Labute approximate surface area is 288 Å². The summed E-state index contributed by atoms with van der Waals surface area (Å²) in [6.45, 7) is -0.965. The quantitative estimate of drug-likeness (QED) is 0.0862. The fraction of sp³-hybridized carbons (Fsp3) is 0.296. The lowest BCUT2D eigenvalue weighted by molar-refractivity contribution is -0.0450. The molecule has 51 heavy (non-hydrogen) atoms. The summed E-state index contributed by atoms with van der Waals surface area (Å²) in [6, 6.07) is 13.9. The van der Waals surface area contributed by atoms with E-state index in [9.17, 15) is 43.0 Å². The van der Waals surface area contributed by atoms with E-state index in [2.05, 4.69) is 33.7 Å². The number of nitrogens with one attached hydrogen (secondary N) is 2. The number of aromatic nitrogens is 2. The van der Waals surface area contributed by atoms with Crippen molar-refractivity contribution >= 4 is 52.5 Å². The van der Waals surface area contributed by atoms with Crippen molar-refractivity contribution in [3.05, 3.63) is 92.8 Å². The summed E-state index contributed by atoms with van der Waals surface area (Å²) in [6.07, 6.45) is -0.459. The van der Waals surface area contributed by atoms with Crippen molar-refractivity contribution in [3.8, 4) is 0 Å². The third kappa shape index (κ3) is 12.1. The lowest BCUT2D eigenvalue weighted by atomic mass is 10.2. The minimum Gasteiger partial charge on any atom is -0.390 e. The average Bonchev–Trinajstić information content (AvgIpc) is 3.40. The van der Waals surface area contributed by atoms with E-state index in [1.807, 2.05) is 43.3 Å². The monoisotopic (exact) mass is 774 g/mol. The summed E-state index contributed by atoms with van der Waals surface area (Å²) in [5.41, 5.74) is 0.802. The van der Waals surface area contributed by atoms with Gasteiger partial charge in [-0.15, -0.1) is 0 Å². The maximum absolute atomic E-state index is 12.6. The van der Waals surface area contributed by atoms with E-state index in [0.29, 0.717) is 16.9 Å². The minimum absolute atomic E-state index is 0.0108. The fourth-order valence-corrected chi connectivity index (χ4v) is 7.42. The molecule has 1 fully saturated rings. The number of anilines is 1. The molecule has 0 spiro atoms. The molecular formula is C27H33N6O15P3. The Morgan fingerprint density at radius 2 is 1.61 bits per heavy atom. The molecule has 0 radical (unpaired) electrons. The predicted molar refractivity (Wildman–Crippen MR) is 178 cm³/mol. The molecule has 5 atom stereocenters. The van der Waals surface area contributed by atoms with Crippen LogP contribution < -0.4 is 21.5 Å². The molecule has 4 rings (SSSR count).